The minimum absolute atomic E-state index is 0.101. The molecule has 3 aromatic rings. The van der Waals surface area contributed by atoms with Gasteiger partial charge in [0.05, 0.1) is 16.3 Å². The van der Waals surface area contributed by atoms with E-state index in [9.17, 15) is 19.7 Å². The normalized spacial score (nSPS) is 11.2. The van der Waals surface area contributed by atoms with Gasteiger partial charge in [0.1, 0.15) is 12.4 Å². The van der Waals surface area contributed by atoms with Crippen LogP contribution in [0.5, 0.6) is 0 Å². The van der Waals surface area contributed by atoms with Crippen molar-refractivity contribution in [2.75, 3.05) is 18.4 Å². The highest BCUT2D eigenvalue weighted by atomic mass is 16.6. The Bertz CT molecular complexity index is 1210. The number of non-ortho nitro benzene ring substituents is 1. The number of benzene rings is 2. The second kappa shape index (κ2) is 9.86. The van der Waals surface area contributed by atoms with E-state index in [0.717, 1.165) is 16.9 Å². The van der Waals surface area contributed by atoms with Crippen molar-refractivity contribution < 1.29 is 14.5 Å². The zero-order valence-electron chi connectivity index (χ0n) is 20.0. The topological polar surface area (TPSA) is 110 Å². The Morgan fingerprint density at radius 1 is 1.12 bits per heavy atom. The predicted octanol–water partition coefficient (Wildman–Crippen LogP) is 4.49. The van der Waals surface area contributed by atoms with Gasteiger partial charge in [-0.3, -0.25) is 19.7 Å². The van der Waals surface area contributed by atoms with E-state index in [0.29, 0.717) is 12.4 Å². The van der Waals surface area contributed by atoms with Crippen molar-refractivity contribution in [3.63, 3.8) is 0 Å². The van der Waals surface area contributed by atoms with E-state index in [2.05, 4.69) is 5.32 Å². The van der Waals surface area contributed by atoms with Crippen LogP contribution >= 0.6 is 0 Å². The van der Waals surface area contributed by atoms with Crippen molar-refractivity contribution in [1.82, 2.24) is 14.7 Å². The summed E-state index contributed by atoms with van der Waals surface area (Å²) >= 11 is 0. The van der Waals surface area contributed by atoms with Gasteiger partial charge in [0.15, 0.2) is 0 Å². The zero-order chi connectivity index (χ0) is 25.0. The number of anilines is 1. The Morgan fingerprint density at radius 3 is 2.35 bits per heavy atom. The van der Waals surface area contributed by atoms with Gasteiger partial charge in [0, 0.05) is 35.7 Å². The van der Waals surface area contributed by atoms with Gasteiger partial charge in [-0.25, -0.2) is 4.68 Å². The third-order valence-corrected chi connectivity index (χ3v) is 5.32. The minimum atomic E-state index is -0.525. The lowest BCUT2D eigenvalue weighted by molar-refractivity contribution is -0.384. The molecule has 3 rings (SSSR count). The van der Waals surface area contributed by atoms with Crippen molar-refractivity contribution in [3.8, 4) is 5.69 Å². The van der Waals surface area contributed by atoms with Gasteiger partial charge in [-0.1, -0.05) is 32.9 Å². The summed E-state index contributed by atoms with van der Waals surface area (Å²) in [5, 5.41) is 18.5. The molecule has 178 valence electrons. The summed E-state index contributed by atoms with van der Waals surface area (Å²) in [4.78, 5) is 37.5. The number of hydrogen-bond acceptors (Lipinski definition) is 5. The lowest BCUT2D eigenvalue weighted by Crippen LogP contribution is -2.38. The number of nitrogens with zero attached hydrogens (tertiary/aromatic N) is 4. The Morgan fingerprint density at radius 2 is 1.79 bits per heavy atom. The maximum atomic E-state index is 12.9. The average Bonchev–Trinajstić information content (AvgIpc) is 3.21. The second-order valence-electron chi connectivity index (χ2n) is 9.09. The largest absolute Gasteiger partial charge is 0.330 e. The van der Waals surface area contributed by atoms with Crippen molar-refractivity contribution in [2.24, 2.45) is 0 Å². The van der Waals surface area contributed by atoms with Crippen LogP contribution in [0.3, 0.4) is 0 Å². The molecular weight excluding hydrogens is 434 g/mol. The number of hydrogen-bond donors (Lipinski definition) is 1. The number of aryl methyl sites for hydroxylation is 1. The van der Waals surface area contributed by atoms with E-state index in [4.69, 9.17) is 5.10 Å². The molecule has 0 saturated heterocycles. The fourth-order valence-corrected chi connectivity index (χ4v) is 3.38. The molecule has 0 fully saturated rings. The Hall–Kier alpha value is -4.01. The molecule has 1 heterocycles. The molecule has 2 aromatic carbocycles. The molecule has 0 saturated carbocycles. The molecular formula is C25H29N5O4. The first-order valence-corrected chi connectivity index (χ1v) is 11.0. The number of nitro groups is 1. The molecule has 2 amide bonds. The van der Waals surface area contributed by atoms with E-state index >= 15 is 0 Å². The third kappa shape index (κ3) is 5.67. The number of amides is 2. The smallest absolute Gasteiger partial charge is 0.269 e. The third-order valence-electron chi connectivity index (χ3n) is 5.32. The SMILES string of the molecule is CCN(CC(=O)Nc1cc(C(C)(C)C)nn1-c1cccc(C)c1)C(=O)c1ccc([N+](=O)[O-])cc1. The zero-order valence-corrected chi connectivity index (χ0v) is 20.0. The summed E-state index contributed by atoms with van der Waals surface area (Å²) in [6.45, 7) is 10.0. The number of aromatic nitrogens is 2. The van der Waals surface area contributed by atoms with Crippen LogP contribution in [0.4, 0.5) is 11.5 Å². The van der Waals surface area contributed by atoms with Crippen molar-refractivity contribution in [2.45, 2.75) is 40.0 Å². The first-order valence-electron chi connectivity index (χ1n) is 11.0. The molecule has 0 aliphatic heterocycles. The van der Waals surface area contributed by atoms with Gasteiger partial charge in [-0.05, 0) is 43.7 Å². The number of carbonyl (C=O) groups excluding carboxylic acids is 2. The molecule has 0 bridgehead atoms. The van der Waals surface area contributed by atoms with Crippen LogP contribution < -0.4 is 5.32 Å². The van der Waals surface area contributed by atoms with Crippen LogP contribution in [-0.2, 0) is 10.2 Å². The summed E-state index contributed by atoms with van der Waals surface area (Å²) in [6.07, 6.45) is 0. The van der Waals surface area contributed by atoms with Crippen molar-refractivity contribution in [1.29, 1.82) is 0 Å². The Balaban J connectivity index is 1.82. The summed E-state index contributed by atoms with van der Waals surface area (Å²) < 4.78 is 1.69. The highest BCUT2D eigenvalue weighted by molar-refractivity contribution is 5.99. The minimum Gasteiger partial charge on any atom is -0.330 e. The van der Waals surface area contributed by atoms with Gasteiger partial charge < -0.3 is 10.2 Å². The number of nitro benzene ring substituents is 1. The van der Waals surface area contributed by atoms with Crippen LogP contribution in [-0.4, -0.2) is 44.5 Å². The molecule has 0 spiro atoms. The number of rotatable bonds is 7. The molecule has 0 aliphatic rings. The first-order chi connectivity index (χ1) is 16.0. The fourth-order valence-electron chi connectivity index (χ4n) is 3.38. The highest BCUT2D eigenvalue weighted by Crippen LogP contribution is 2.26. The maximum absolute atomic E-state index is 12.9. The van der Waals surface area contributed by atoms with Crippen LogP contribution in [0.1, 0.15) is 49.3 Å². The Kier molecular flexibility index (Phi) is 7.14. The van der Waals surface area contributed by atoms with Crippen LogP contribution in [0, 0.1) is 17.0 Å². The van der Waals surface area contributed by atoms with Crippen LogP contribution in [0.25, 0.3) is 5.69 Å². The van der Waals surface area contributed by atoms with E-state index in [1.807, 2.05) is 58.0 Å². The first kappa shape index (κ1) is 24.6. The predicted molar refractivity (Wildman–Crippen MR) is 130 cm³/mol. The van der Waals surface area contributed by atoms with E-state index < -0.39 is 4.92 Å². The van der Waals surface area contributed by atoms with Gasteiger partial charge in [0.2, 0.25) is 5.91 Å². The van der Waals surface area contributed by atoms with Gasteiger partial charge in [-0.15, -0.1) is 0 Å². The number of carbonyl (C=O) groups is 2. The van der Waals surface area contributed by atoms with Crippen molar-refractivity contribution >= 4 is 23.3 Å². The molecule has 0 unspecified atom stereocenters. The monoisotopic (exact) mass is 463 g/mol. The van der Waals surface area contributed by atoms with Gasteiger partial charge in [-0.2, -0.15) is 5.10 Å². The summed E-state index contributed by atoms with van der Waals surface area (Å²) in [5.41, 5.74) is 2.65. The van der Waals surface area contributed by atoms with Gasteiger partial charge >= 0.3 is 0 Å². The number of nitrogens with one attached hydrogen (secondary N) is 1. The van der Waals surface area contributed by atoms with E-state index in [1.165, 1.54) is 29.2 Å². The summed E-state index contributed by atoms with van der Waals surface area (Å²) in [5.74, 6) is -0.235. The highest BCUT2D eigenvalue weighted by Gasteiger charge is 2.23. The molecule has 1 N–H and O–H groups in total. The van der Waals surface area contributed by atoms with Crippen LogP contribution in [0.15, 0.2) is 54.6 Å². The molecule has 9 heteroatoms. The van der Waals surface area contributed by atoms with Crippen LogP contribution in [0.2, 0.25) is 0 Å². The standard InChI is InChI=1S/C25H29N5O4/c1-6-28(24(32)18-10-12-19(13-11-18)30(33)34)16-23(31)26-22-15-21(25(3,4)5)27-29(22)20-9-7-8-17(2)14-20/h7-15H,6,16H2,1-5H3,(H,26,31). The van der Waals surface area contributed by atoms with E-state index in [1.54, 1.807) is 11.6 Å². The summed E-state index contributed by atoms with van der Waals surface area (Å²) in [7, 11) is 0. The maximum Gasteiger partial charge on any atom is 0.269 e. The molecule has 34 heavy (non-hydrogen) atoms. The molecule has 0 aliphatic carbocycles. The van der Waals surface area contributed by atoms with Crippen molar-refractivity contribution in [3.05, 3.63) is 81.5 Å². The molecule has 9 nitrogen and oxygen atoms in total. The van der Waals surface area contributed by atoms with Gasteiger partial charge in [0.25, 0.3) is 11.6 Å². The molecule has 1 aromatic heterocycles. The molecule has 0 radical (unpaired) electrons. The quantitative estimate of drug-likeness (QED) is 0.410. The lowest BCUT2D eigenvalue weighted by atomic mass is 9.92. The lowest BCUT2D eigenvalue weighted by Gasteiger charge is -2.20. The molecule has 0 atom stereocenters. The Labute approximate surface area is 198 Å². The van der Waals surface area contributed by atoms with E-state index in [-0.39, 0.29) is 35.0 Å². The second-order valence-corrected chi connectivity index (χ2v) is 9.09. The number of likely N-dealkylation sites (N-methyl/N-ethyl adjacent to an activating group) is 1. The average molecular weight is 464 g/mol. The summed E-state index contributed by atoms with van der Waals surface area (Å²) in [6, 6.07) is 15.0. The fraction of sp³-hybridized carbons (Fsp3) is 0.320.